The number of nitrogens with zero attached hydrogens (tertiary/aromatic N) is 2. The summed E-state index contributed by atoms with van der Waals surface area (Å²) in [6.07, 6.45) is 0. The van der Waals surface area contributed by atoms with Gasteiger partial charge in [-0.2, -0.15) is 0 Å². The lowest BCUT2D eigenvalue weighted by molar-refractivity contribution is -0.137. The van der Waals surface area contributed by atoms with Crippen molar-refractivity contribution in [2.24, 2.45) is 5.92 Å². The van der Waals surface area contributed by atoms with Crippen LogP contribution in [0.3, 0.4) is 0 Å². The molecule has 5 aromatic rings. The van der Waals surface area contributed by atoms with Gasteiger partial charge in [-0.05, 0) is 53.4 Å². The van der Waals surface area contributed by atoms with Crippen molar-refractivity contribution in [1.29, 1.82) is 0 Å². The summed E-state index contributed by atoms with van der Waals surface area (Å²) in [6.45, 7) is 1.96. The Kier molecular flexibility index (Phi) is 6.70. The number of benzene rings is 5. The Morgan fingerprint density at radius 1 is 0.681 bits per heavy atom. The van der Waals surface area contributed by atoms with Gasteiger partial charge in [-0.1, -0.05) is 109 Å². The van der Waals surface area contributed by atoms with Crippen molar-refractivity contribution >= 4 is 29.0 Å². The number of nitrogens with one attached hydrogen (secondary N) is 1. The molecule has 0 saturated carbocycles. The number of anilines is 2. The Balaban J connectivity index is 1.40. The lowest BCUT2D eigenvalue weighted by atomic mass is 9.60. The fourth-order valence-corrected chi connectivity index (χ4v) is 8.38. The first-order valence-electron chi connectivity index (χ1n) is 15.8. The lowest BCUT2D eigenvalue weighted by Gasteiger charge is -2.37. The highest BCUT2D eigenvalue weighted by atomic mass is 19.1. The molecule has 1 N–H and O–H groups in total. The zero-order valence-corrected chi connectivity index (χ0v) is 25.8. The molecule has 6 nitrogen and oxygen atoms in total. The summed E-state index contributed by atoms with van der Waals surface area (Å²) in [5.74, 6) is -2.70. The van der Waals surface area contributed by atoms with Crippen LogP contribution in [0.5, 0.6) is 0 Å². The maximum absolute atomic E-state index is 15.4. The molecule has 0 aromatic heterocycles. The van der Waals surface area contributed by atoms with Crippen molar-refractivity contribution in [3.8, 4) is 0 Å². The van der Waals surface area contributed by atoms with Gasteiger partial charge in [0.2, 0.25) is 5.91 Å². The highest BCUT2D eigenvalue weighted by molar-refractivity contribution is 6.17. The fourth-order valence-electron chi connectivity index (χ4n) is 8.38. The molecule has 0 bridgehead atoms. The van der Waals surface area contributed by atoms with Crippen molar-refractivity contribution in [1.82, 2.24) is 5.32 Å². The van der Waals surface area contributed by atoms with Crippen molar-refractivity contribution in [2.75, 3.05) is 9.80 Å². The number of halogens is 1. The predicted molar refractivity (Wildman–Crippen MR) is 178 cm³/mol. The second-order valence-corrected chi connectivity index (χ2v) is 12.6. The first-order valence-corrected chi connectivity index (χ1v) is 15.8. The van der Waals surface area contributed by atoms with Crippen LogP contribution in [-0.2, 0) is 38.4 Å². The zero-order valence-electron chi connectivity index (χ0n) is 25.8. The first-order chi connectivity index (χ1) is 22.9. The van der Waals surface area contributed by atoms with Crippen LogP contribution in [-0.4, -0.2) is 17.6 Å². The maximum atomic E-state index is 15.4. The van der Waals surface area contributed by atoms with Crippen LogP contribution in [0.2, 0.25) is 0 Å². The normalized spacial score (nSPS) is 24.3. The summed E-state index contributed by atoms with van der Waals surface area (Å²) in [5, 5.41) is 3.63. The summed E-state index contributed by atoms with van der Waals surface area (Å²) < 4.78 is 15.3. The van der Waals surface area contributed by atoms with Crippen LogP contribution in [0.25, 0.3) is 0 Å². The van der Waals surface area contributed by atoms with Crippen LogP contribution in [0, 0.1) is 11.7 Å². The summed E-state index contributed by atoms with van der Waals surface area (Å²) in [5.41, 5.74) is 1.59. The molecule has 2 amide bonds. The summed E-state index contributed by atoms with van der Waals surface area (Å²) in [7, 11) is 0. The van der Waals surface area contributed by atoms with Crippen LogP contribution in [0.4, 0.5) is 15.8 Å². The third-order valence-electron chi connectivity index (χ3n) is 10.1. The monoisotopic (exact) mass is 621 g/mol. The Labute approximate surface area is 272 Å². The molecule has 2 spiro atoms. The van der Waals surface area contributed by atoms with E-state index in [1.165, 1.54) is 19.1 Å². The summed E-state index contributed by atoms with van der Waals surface area (Å²) in [6, 6.07) is 39.8. The molecule has 232 valence electrons. The zero-order chi connectivity index (χ0) is 32.3. The van der Waals surface area contributed by atoms with E-state index < -0.39 is 28.7 Å². The number of Topliss-reactive ketones (excluding diaryl/α,β-unsaturated/α-hetero) is 1. The third-order valence-corrected chi connectivity index (χ3v) is 10.1. The first kappa shape index (κ1) is 29.0. The van der Waals surface area contributed by atoms with Crippen LogP contribution in [0.15, 0.2) is 133 Å². The van der Waals surface area contributed by atoms with Crippen LogP contribution >= 0.6 is 0 Å². The Bertz CT molecular complexity index is 2040. The second-order valence-electron chi connectivity index (χ2n) is 12.6. The smallest absolute Gasteiger partial charge is 0.253 e. The molecule has 8 rings (SSSR count). The van der Waals surface area contributed by atoms with Gasteiger partial charge in [-0.15, -0.1) is 0 Å². The fraction of sp³-hybridized carbons (Fsp3) is 0.175. The number of para-hydroxylation sites is 1. The van der Waals surface area contributed by atoms with E-state index in [0.717, 1.165) is 16.7 Å². The van der Waals surface area contributed by atoms with E-state index in [9.17, 15) is 4.79 Å². The molecule has 0 radical (unpaired) electrons. The number of amides is 2. The molecule has 5 aromatic carbocycles. The van der Waals surface area contributed by atoms with E-state index in [4.69, 9.17) is 0 Å². The van der Waals surface area contributed by atoms with Crippen LogP contribution < -0.4 is 15.1 Å². The molecule has 4 unspecified atom stereocenters. The molecule has 47 heavy (non-hydrogen) atoms. The van der Waals surface area contributed by atoms with Gasteiger partial charge in [0.15, 0.2) is 0 Å². The van der Waals surface area contributed by atoms with Gasteiger partial charge in [-0.3, -0.25) is 19.7 Å². The van der Waals surface area contributed by atoms with Gasteiger partial charge in [0.25, 0.3) is 5.91 Å². The minimum absolute atomic E-state index is 0.222. The minimum Gasteiger partial charge on any atom is -0.307 e. The largest absolute Gasteiger partial charge is 0.307 e. The van der Waals surface area contributed by atoms with Crippen molar-refractivity contribution < 1.29 is 18.8 Å². The highest BCUT2D eigenvalue weighted by Gasteiger charge is 2.76. The average Bonchev–Trinajstić information content (AvgIpc) is 3.64. The molecule has 3 heterocycles. The van der Waals surface area contributed by atoms with Gasteiger partial charge < -0.3 is 9.80 Å². The topological polar surface area (TPSA) is 69.7 Å². The number of rotatable bonds is 6. The standard InChI is InChI=1S/C40H32FN3O3/c1-26(45)35-39(31-19-11-12-20-33(31)43(37(39)46)24-27-13-5-2-6-14-27)36(29-17-9-4-10-18-29)42-40(35)32-23-30(41)21-22-34(32)44(38(40)47)25-28-15-7-3-8-16-28/h2-23,35-36,42H,24-25H2,1H3. The van der Waals surface area contributed by atoms with Gasteiger partial charge in [0.1, 0.15) is 22.6 Å². The molecule has 0 aliphatic carbocycles. The minimum atomic E-state index is -1.72. The van der Waals surface area contributed by atoms with E-state index in [0.29, 0.717) is 22.5 Å². The molecular weight excluding hydrogens is 589 g/mol. The summed E-state index contributed by atoms with van der Waals surface area (Å²) in [4.78, 5) is 48.4. The average molecular weight is 622 g/mol. The maximum Gasteiger partial charge on any atom is 0.253 e. The number of fused-ring (bicyclic) bond motifs is 4. The molecule has 4 atom stereocenters. The number of carbonyl (C=O) groups is 3. The predicted octanol–water partition coefficient (Wildman–Crippen LogP) is 6.60. The molecule has 1 saturated heterocycles. The lowest BCUT2D eigenvalue weighted by Crippen LogP contribution is -2.56. The van der Waals surface area contributed by atoms with E-state index in [-0.39, 0.29) is 30.7 Å². The number of hydrogen-bond acceptors (Lipinski definition) is 4. The number of hydrogen-bond donors (Lipinski definition) is 1. The van der Waals surface area contributed by atoms with E-state index in [2.05, 4.69) is 5.32 Å². The molecule has 3 aliphatic heterocycles. The highest BCUT2D eigenvalue weighted by Crippen LogP contribution is 2.65. The van der Waals surface area contributed by atoms with E-state index in [1.807, 2.05) is 115 Å². The molecular formula is C40H32FN3O3. The molecule has 7 heteroatoms. The van der Waals surface area contributed by atoms with Gasteiger partial charge in [0, 0.05) is 16.9 Å². The molecule has 1 fully saturated rings. The number of carbonyl (C=O) groups excluding carboxylic acids is 3. The Morgan fingerprint density at radius 2 is 1.21 bits per heavy atom. The molecule has 3 aliphatic rings. The SMILES string of the molecule is CC(=O)C1C2(NC(c3ccccc3)C13C(=O)N(Cc1ccccc1)c1ccccc13)C(=O)N(Cc1ccccc1)c1ccc(F)cc12. The summed E-state index contributed by atoms with van der Waals surface area (Å²) >= 11 is 0. The van der Waals surface area contributed by atoms with Crippen molar-refractivity contribution in [3.05, 3.63) is 167 Å². The van der Waals surface area contributed by atoms with E-state index in [1.54, 1.807) is 15.9 Å². The Hall–Kier alpha value is -5.40. The quantitative estimate of drug-likeness (QED) is 0.232. The third kappa shape index (κ3) is 4.09. The van der Waals surface area contributed by atoms with Gasteiger partial charge in [-0.25, -0.2) is 4.39 Å². The van der Waals surface area contributed by atoms with Gasteiger partial charge >= 0.3 is 0 Å². The Morgan fingerprint density at radius 3 is 1.83 bits per heavy atom. The van der Waals surface area contributed by atoms with Crippen LogP contribution in [0.1, 0.15) is 40.8 Å². The van der Waals surface area contributed by atoms with Crippen molar-refractivity contribution in [2.45, 2.75) is 37.0 Å². The second kappa shape index (κ2) is 10.9. The van der Waals surface area contributed by atoms with E-state index >= 15 is 14.0 Å². The van der Waals surface area contributed by atoms with Gasteiger partial charge in [0.05, 0.1) is 25.0 Å². The number of ketones is 1. The van der Waals surface area contributed by atoms with Crippen molar-refractivity contribution in [3.63, 3.8) is 0 Å².